The van der Waals surface area contributed by atoms with Crippen molar-refractivity contribution in [3.05, 3.63) is 0 Å². The van der Waals surface area contributed by atoms with E-state index in [0.29, 0.717) is 0 Å². The van der Waals surface area contributed by atoms with Crippen molar-refractivity contribution in [1.82, 2.24) is 0 Å². The number of hydrogen-bond donors (Lipinski definition) is 2. The minimum absolute atomic E-state index is 0.205. The molecule has 0 spiro atoms. The lowest BCUT2D eigenvalue weighted by atomic mass is 10.0. The normalized spacial score (nSPS) is 13.7. The lowest BCUT2D eigenvalue weighted by molar-refractivity contribution is -0.142. The molecule has 2 unspecified atom stereocenters. The van der Waals surface area contributed by atoms with Crippen molar-refractivity contribution < 1.29 is 19.8 Å². The summed E-state index contributed by atoms with van der Waals surface area (Å²) in [6.07, 6.45) is 13.4. The van der Waals surface area contributed by atoms with Crippen molar-refractivity contribution >= 4 is 11.9 Å². The summed E-state index contributed by atoms with van der Waals surface area (Å²) in [4.78, 5) is 21.3. The van der Waals surface area contributed by atoms with Gasteiger partial charge >= 0.3 is 11.9 Å². The molecule has 4 heteroatoms. The van der Waals surface area contributed by atoms with Gasteiger partial charge in [-0.2, -0.15) is 0 Å². The Hall–Kier alpha value is -1.06. The van der Waals surface area contributed by atoms with Gasteiger partial charge in [0.1, 0.15) is 0 Å². The second-order valence-electron chi connectivity index (χ2n) is 6.59. The number of rotatable bonds is 15. The topological polar surface area (TPSA) is 74.6 Å². The molecule has 0 heterocycles. The lowest BCUT2D eigenvalue weighted by Crippen LogP contribution is -2.08. The quantitative estimate of drug-likeness (QED) is 0.412. The Balaban J connectivity index is 3.18. The van der Waals surface area contributed by atoms with Gasteiger partial charge in [-0.05, 0) is 12.8 Å². The molecule has 0 rings (SSSR count). The van der Waals surface area contributed by atoms with Gasteiger partial charge in [-0.3, -0.25) is 9.59 Å². The van der Waals surface area contributed by atoms with Crippen LogP contribution in [0.4, 0.5) is 0 Å². The third kappa shape index (κ3) is 12.7. The number of hydrogen-bond acceptors (Lipinski definition) is 2. The van der Waals surface area contributed by atoms with Gasteiger partial charge in [0.2, 0.25) is 0 Å². The largest absolute Gasteiger partial charge is 0.481 e. The van der Waals surface area contributed by atoms with Crippen molar-refractivity contribution in [1.29, 1.82) is 0 Å². The molecule has 130 valence electrons. The predicted octanol–water partition coefficient (Wildman–Crippen LogP) is 5.11. The molecule has 0 amide bonds. The molecule has 0 bridgehead atoms. The molecule has 0 aromatic carbocycles. The Morgan fingerprint density at radius 3 is 1.05 bits per heavy atom. The first-order chi connectivity index (χ1) is 10.4. The maximum Gasteiger partial charge on any atom is 0.306 e. The Labute approximate surface area is 135 Å². The van der Waals surface area contributed by atoms with Crippen LogP contribution in [0.15, 0.2) is 0 Å². The van der Waals surface area contributed by atoms with Gasteiger partial charge < -0.3 is 10.2 Å². The van der Waals surface area contributed by atoms with Crippen molar-refractivity contribution in [2.24, 2.45) is 11.8 Å². The van der Waals surface area contributed by atoms with Crippen molar-refractivity contribution in [3.8, 4) is 0 Å². The Bertz CT molecular complexity index is 271. The van der Waals surface area contributed by atoms with E-state index in [4.69, 9.17) is 10.2 Å². The van der Waals surface area contributed by atoms with E-state index in [9.17, 15) is 9.59 Å². The fourth-order valence-corrected chi connectivity index (χ4v) is 2.56. The second-order valence-corrected chi connectivity index (χ2v) is 6.59. The van der Waals surface area contributed by atoms with E-state index in [-0.39, 0.29) is 11.8 Å². The summed E-state index contributed by atoms with van der Waals surface area (Å²) in [6.45, 7) is 3.55. The van der Waals surface area contributed by atoms with Crippen LogP contribution in [-0.4, -0.2) is 22.2 Å². The van der Waals surface area contributed by atoms with Gasteiger partial charge in [-0.1, -0.05) is 78.1 Å². The first-order valence-electron chi connectivity index (χ1n) is 8.90. The van der Waals surface area contributed by atoms with Gasteiger partial charge in [0.15, 0.2) is 0 Å². The number of unbranched alkanes of at least 4 members (excludes halogenated alkanes) is 9. The van der Waals surface area contributed by atoms with Crippen LogP contribution in [0, 0.1) is 11.8 Å². The molecule has 0 aromatic rings. The highest BCUT2D eigenvalue weighted by Crippen LogP contribution is 2.15. The van der Waals surface area contributed by atoms with E-state index in [1.165, 1.54) is 38.5 Å². The van der Waals surface area contributed by atoms with E-state index in [2.05, 4.69) is 0 Å². The molecule has 0 saturated carbocycles. The highest BCUT2D eigenvalue weighted by molar-refractivity contribution is 5.69. The van der Waals surface area contributed by atoms with Gasteiger partial charge in [0.05, 0.1) is 11.8 Å². The molecule has 0 aromatic heterocycles. The van der Waals surface area contributed by atoms with E-state index >= 15 is 0 Å². The molecular formula is C18H34O4. The maximum atomic E-state index is 10.7. The molecular weight excluding hydrogens is 280 g/mol. The molecule has 4 nitrogen and oxygen atoms in total. The van der Waals surface area contributed by atoms with Crippen molar-refractivity contribution in [2.45, 2.75) is 90.9 Å². The molecule has 0 fully saturated rings. The van der Waals surface area contributed by atoms with Crippen molar-refractivity contribution in [2.75, 3.05) is 0 Å². The highest BCUT2D eigenvalue weighted by atomic mass is 16.4. The smallest absolute Gasteiger partial charge is 0.306 e. The fourth-order valence-electron chi connectivity index (χ4n) is 2.56. The van der Waals surface area contributed by atoms with E-state index in [1.807, 2.05) is 0 Å². The number of aliphatic carboxylic acids is 2. The Morgan fingerprint density at radius 2 is 0.818 bits per heavy atom. The van der Waals surface area contributed by atoms with Crippen LogP contribution in [0.25, 0.3) is 0 Å². The average Bonchev–Trinajstić information content (AvgIpc) is 2.47. The van der Waals surface area contributed by atoms with Crippen LogP contribution in [0.2, 0.25) is 0 Å². The van der Waals surface area contributed by atoms with Crippen molar-refractivity contribution in [3.63, 3.8) is 0 Å². The maximum absolute atomic E-state index is 10.7. The minimum Gasteiger partial charge on any atom is -0.481 e. The third-order valence-corrected chi connectivity index (χ3v) is 4.37. The van der Waals surface area contributed by atoms with Crippen LogP contribution < -0.4 is 0 Å². The fraction of sp³-hybridized carbons (Fsp3) is 0.889. The molecule has 2 N–H and O–H groups in total. The standard InChI is InChI=1S/C18H34O4/c1-15(17(19)20)13-11-9-7-5-3-4-6-8-10-12-14-16(2)18(21)22/h15-16H,3-14H2,1-2H3,(H,19,20)(H,21,22). The zero-order valence-corrected chi connectivity index (χ0v) is 14.4. The predicted molar refractivity (Wildman–Crippen MR) is 89.0 cm³/mol. The average molecular weight is 314 g/mol. The summed E-state index contributed by atoms with van der Waals surface area (Å²) in [5, 5.41) is 17.5. The van der Waals surface area contributed by atoms with E-state index in [1.54, 1.807) is 13.8 Å². The van der Waals surface area contributed by atoms with E-state index < -0.39 is 11.9 Å². The van der Waals surface area contributed by atoms with Gasteiger partial charge in [0.25, 0.3) is 0 Å². The van der Waals surface area contributed by atoms with Crippen LogP contribution >= 0.6 is 0 Å². The number of carboxylic acids is 2. The zero-order chi connectivity index (χ0) is 16.8. The van der Waals surface area contributed by atoms with E-state index in [0.717, 1.165) is 38.5 Å². The molecule has 0 aliphatic heterocycles. The van der Waals surface area contributed by atoms with Gasteiger partial charge in [-0.15, -0.1) is 0 Å². The summed E-state index contributed by atoms with van der Waals surface area (Å²) in [5.74, 6) is -1.77. The Morgan fingerprint density at radius 1 is 0.591 bits per heavy atom. The summed E-state index contributed by atoms with van der Waals surface area (Å²) in [7, 11) is 0. The van der Waals surface area contributed by atoms with Crippen LogP contribution in [-0.2, 0) is 9.59 Å². The number of carboxylic acid groups (broad SMARTS) is 2. The van der Waals surface area contributed by atoms with Crippen LogP contribution in [0.3, 0.4) is 0 Å². The third-order valence-electron chi connectivity index (χ3n) is 4.37. The number of carbonyl (C=O) groups is 2. The highest BCUT2D eigenvalue weighted by Gasteiger charge is 2.10. The zero-order valence-electron chi connectivity index (χ0n) is 14.4. The van der Waals surface area contributed by atoms with Crippen LogP contribution in [0.1, 0.15) is 90.9 Å². The SMILES string of the molecule is CC(CCCCCCCCCCCCC(C)C(=O)O)C(=O)O. The summed E-state index contributed by atoms with van der Waals surface area (Å²) >= 11 is 0. The van der Waals surface area contributed by atoms with Gasteiger partial charge in [0, 0.05) is 0 Å². The lowest BCUT2D eigenvalue weighted by Gasteiger charge is -2.06. The molecule has 2 atom stereocenters. The molecule has 22 heavy (non-hydrogen) atoms. The van der Waals surface area contributed by atoms with Gasteiger partial charge in [-0.25, -0.2) is 0 Å². The summed E-state index contributed by atoms with van der Waals surface area (Å²) in [6, 6.07) is 0. The minimum atomic E-state index is -0.683. The summed E-state index contributed by atoms with van der Waals surface area (Å²) in [5.41, 5.74) is 0. The first-order valence-corrected chi connectivity index (χ1v) is 8.90. The second kappa shape index (κ2) is 13.6. The monoisotopic (exact) mass is 314 g/mol. The molecule has 0 saturated heterocycles. The summed E-state index contributed by atoms with van der Waals surface area (Å²) < 4.78 is 0. The molecule has 0 aliphatic rings. The Kier molecular flexibility index (Phi) is 12.9. The molecule has 0 radical (unpaired) electrons. The molecule has 0 aliphatic carbocycles. The first kappa shape index (κ1) is 20.9. The van der Waals surface area contributed by atoms with Crippen LogP contribution in [0.5, 0.6) is 0 Å².